The summed E-state index contributed by atoms with van der Waals surface area (Å²) < 4.78 is 11.2. The first-order valence-electron chi connectivity index (χ1n) is 13.8. The number of benzene rings is 1. The topological polar surface area (TPSA) is 67.8 Å². The van der Waals surface area contributed by atoms with Gasteiger partial charge in [0.15, 0.2) is 0 Å². The van der Waals surface area contributed by atoms with Gasteiger partial charge < -0.3 is 19.9 Å². The maximum Gasteiger partial charge on any atom is 0.408 e. The van der Waals surface area contributed by atoms with Gasteiger partial charge in [0.1, 0.15) is 5.60 Å². The Labute approximate surface area is 214 Å². The zero-order chi connectivity index (χ0) is 25.8. The van der Waals surface area contributed by atoms with Crippen LogP contribution in [0.4, 0.5) is 4.79 Å². The van der Waals surface area contributed by atoms with Crippen LogP contribution in [-0.2, 0) is 16.1 Å². The van der Waals surface area contributed by atoms with Crippen LogP contribution < -0.4 is 5.32 Å². The van der Waals surface area contributed by atoms with E-state index in [0.29, 0.717) is 6.61 Å². The van der Waals surface area contributed by atoms with Crippen LogP contribution in [0.25, 0.3) is 0 Å². The number of amides is 1. The second kappa shape index (κ2) is 19.4. The summed E-state index contributed by atoms with van der Waals surface area (Å²) in [6.07, 6.45) is 17.8. The minimum Gasteiger partial charge on any atom is -0.444 e. The maximum absolute atomic E-state index is 12.3. The molecule has 2 atom stereocenters. The highest BCUT2D eigenvalue weighted by molar-refractivity contribution is 5.68. The summed E-state index contributed by atoms with van der Waals surface area (Å²) in [5, 5.41) is 13.5. The van der Waals surface area contributed by atoms with Gasteiger partial charge in [-0.05, 0) is 39.2 Å². The summed E-state index contributed by atoms with van der Waals surface area (Å²) in [4.78, 5) is 12.3. The number of aliphatic hydroxyl groups excluding tert-OH is 1. The summed E-state index contributed by atoms with van der Waals surface area (Å²) in [5.41, 5.74) is 0.445. The molecular formula is C30H51NO4. The number of aliphatic hydroxyl groups is 1. The fourth-order valence-electron chi connectivity index (χ4n) is 3.86. The molecule has 5 heteroatoms. The third-order valence-corrected chi connectivity index (χ3v) is 5.83. The first-order chi connectivity index (χ1) is 16.8. The Bertz CT molecular complexity index is 669. The first-order valence-corrected chi connectivity index (χ1v) is 13.8. The van der Waals surface area contributed by atoms with Gasteiger partial charge in [-0.3, -0.25) is 0 Å². The molecule has 5 nitrogen and oxygen atoms in total. The van der Waals surface area contributed by atoms with Crippen LogP contribution in [0.3, 0.4) is 0 Å². The molecule has 35 heavy (non-hydrogen) atoms. The van der Waals surface area contributed by atoms with Crippen LogP contribution in [0.2, 0.25) is 0 Å². The summed E-state index contributed by atoms with van der Waals surface area (Å²) in [6.45, 7) is 8.32. The van der Waals surface area contributed by atoms with Crippen molar-refractivity contribution in [1.29, 1.82) is 0 Å². The number of hydrogen-bond acceptors (Lipinski definition) is 4. The molecule has 1 aromatic rings. The van der Waals surface area contributed by atoms with E-state index in [2.05, 4.69) is 12.2 Å². The van der Waals surface area contributed by atoms with Crippen molar-refractivity contribution in [3.8, 4) is 0 Å². The van der Waals surface area contributed by atoms with Gasteiger partial charge in [-0.1, -0.05) is 114 Å². The van der Waals surface area contributed by atoms with Crippen LogP contribution >= 0.6 is 0 Å². The van der Waals surface area contributed by atoms with Crippen molar-refractivity contribution in [3.05, 3.63) is 48.0 Å². The van der Waals surface area contributed by atoms with Gasteiger partial charge in [0.05, 0.1) is 25.4 Å². The highest BCUT2D eigenvalue weighted by atomic mass is 16.6. The molecule has 0 unspecified atom stereocenters. The number of carbonyl (C=O) groups excluding carboxylic acids is 1. The number of allylic oxidation sites excluding steroid dienone is 1. The smallest absolute Gasteiger partial charge is 0.408 e. The molecule has 2 N–H and O–H groups in total. The van der Waals surface area contributed by atoms with Gasteiger partial charge in [0.2, 0.25) is 0 Å². The van der Waals surface area contributed by atoms with Crippen molar-refractivity contribution >= 4 is 6.09 Å². The van der Waals surface area contributed by atoms with Crippen LogP contribution in [0.15, 0.2) is 42.5 Å². The van der Waals surface area contributed by atoms with E-state index in [0.717, 1.165) is 18.4 Å². The van der Waals surface area contributed by atoms with E-state index in [1.807, 2.05) is 57.2 Å². The minimum atomic E-state index is -0.842. The lowest BCUT2D eigenvalue weighted by Gasteiger charge is -2.25. The van der Waals surface area contributed by atoms with Crippen LogP contribution in [0.1, 0.15) is 110 Å². The van der Waals surface area contributed by atoms with Gasteiger partial charge in [-0.25, -0.2) is 4.79 Å². The second-order valence-corrected chi connectivity index (χ2v) is 10.5. The van der Waals surface area contributed by atoms with Crippen LogP contribution in [-0.4, -0.2) is 35.6 Å². The molecule has 0 spiro atoms. The van der Waals surface area contributed by atoms with Crippen LogP contribution in [0, 0.1) is 0 Å². The molecule has 0 saturated heterocycles. The Balaban J connectivity index is 2.32. The average Bonchev–Trinajstić information content (AvgIpc) is 2.80. The second-order valence-electron chi connectivity index (χ2n) is 10.5. The summed E-state index contributed by atoms with van der Waals surface area (Å²) in [7, 11) is 0. The highest BCUT2D eigenvalue weighted by Crippen LogP contribution is 2.13. The van der Waals surface area contributed by atoms with Gasteiger partial charge in [-0.15, -0.1) is 0 Å². The predicted octanol–water partition coefficient (Wildman–Crippen LogP) is 7.71. The molecule has 0 aromatic heterocycles. The van der Waals surface area contributed by atoms with E-state index >= 15 is 0 Å². The zero-order valence-corrected chi connectivity index (χ0v) is 22.8. The van der Waals surface area contributed by atoms with E-state index < -0.39 is 23.8 Å². The number of unbranched alkanes of at least 4 members (excludes halogenated alkanes) is 11. The fourth-order valence-corrected chi connectivity index (χ4v) is 3.86. The van der Waals surface area contributed by atoms with E-state index in [9.17, 15) is 9.90 Å². The Morgan fingerprint density at radius 3 is 2.09 bits per heavy atom. The monoisotopic (exact) mass is 489 g/mol. The van der Waals surface area contributed by atoms with E-state index in [-0.39, 0.29) is 6.61 Å². The quantitative estimate of drug-likeness (QED) is 0.154. The van der Waals surface area contributed by atoms with Gasteiger partial charge in [0.25, 0.3) is 0 Å². The lowest BCUT2D eigenvalue weighted by molar-refractivity contribution is 0.0283. The molecule has 200 valence electrons. The van der Waals surface area contributed by atoms with Crippen molar-refractivity contribution in [2.45, 2.75) is 129 Å². The van der Waals surface area contributed by atoms with Crippen LogP contribution in [0.5, 0.6) is 0 Å². The molecule has 0 aliphatic heterocycles. The van der Waals surface area contributed by atoms with Crippen molar-refractivity contribution in [2.24, 2.45) is 0 Å². The Morgan fingerprint density at radius 1 is 0.943 bits per heavy atom. The molecule has 0 radical (unpaired) electrons. The Kier molecular flexibility index (Phi) is 17.2. The molecule has 1 amide bonds. The molecule has 0 aliphatic rings. The normalized spacial score (nSPS) is 13.6. The molecule has 0 heterocycles. The molecular weight excluding hydrogens is 438 g/mol. The Morgan fingerprint density at radius 2 is 1.51 bits per heavy atom. The lowest BCUT2D eigenvalue weighted by atomic mass is 10.0. The lowest BCUT2D eigenvalue weighted by Crippen LogP contribution is -2.47. The standard InChI is InChI=1S/C30H51NO4/c1-5-6-7-8-9-10-11-12-13-14-15-16-20-23-28(32)27(31-29(33)35-30(2,3)4)25-34-24-26-21-18-17-19-22-26/h17-23,27-28,32H,5-16,24-25H2,1-4H3,(H,31,33)/b23-20+/t27-,28-/m0/s1. The van der Waals surface area contributed by atoms with Crippen molar-refractivity contribution in [3.63, 3.8) is 0 Å². The molecule has 0 saturated carbocycles. The maximum atomic E-state index is 12.3. The molecule has 0 aliphatic carbocycles. The third kappa shape index (κ3) is 18.1. The molecule has 1 aromatic carbocycles. The SMILES string of the molecule is CCCCCCCCCCCCC/C=C/[C@H](O)[C@H](COCc1ccccc1)NC(=O)OC(C)(C)C. The Hall–Kier alpha value is -1.85. The summed E-state index contributed by atoms with van der Waals surface area (Å²) in [5.74, 6) is 0. The average molecular weight is 490 g/mol. The van der Waals surface area contributed by atoms with E-state index in [1.54, 1.807) is 6.08 Å². The van der Waals surface area contributed by atoms with Gasteiger partial charge in [0, 0.05) is 0 Å². The van der Waals surface area contributed by atoms with Crippen molar-refractivity contribution < 1.29 is 19.4 Å². The third-order valence-electron chi connectivity index (χ3n) is 5.83. The predicted molar refractivity (Wildman–Crippen MR) is 145 cm³/mol. The number of ether oxygens (including phenoxy) is 2. The number of rotatable bonds is 19. The van der Waals surface area contributed by atoms with Gasteiger partial charge in [-0.2, -0.15) is 0 Å². The van der Waals surface area contributed by atoms with E-state index in [4.69, 9.17) is 9.47 Å². The number of hydrogen-bond donors (Lipinski definition) is 2. The van der Waals surface area contributed by atoms with Crippen molar-refractivity contribution in [1.82, 2.24) is 5.32 Å². The summed E-state index contributed by atoms with van der Waals surface area (Å²) in [6, 6.07) is 9.27. The van der Waals surface area contributed by atoms with E-state index in [1.165, 1.54) is 64.2 Å². The largest absolute Gasteiger partial charge is 0.444 e. The molecule has 0 fully saturated rings. The van der Waals surface area contributed by atoms with Gasteiger partial charge >= 0.3 is 6.09 Å². The molecule has 0 bridgehead atoms. The summed E-state index contributed by atoms with van der Waals surface area (Å²) >= 11 is 0. The minimum absolute atomic E-state index is 0.193. The molecule has 1 rings (SSSR count). The highest BCUT2D eigenvalue weighted by Gasteiger charge is 2.23. The first kappa shape index (κ1) is 31.2. The van der Waals surface area contributed by atoms with Crippen molar-refractivity contribution in [2.75, 3.05) is 6.61 Å². The fraction of sp³-hybridized carbons (Fsp3) is 0.700. The number of carbonyl (C=O) groups is 1. The number of alkyl carbamates (subject to hydrolysis) is 1. The zero-order valence-electron chi connectivity index (χ0n) is 22.8. The number of nitrogens with one attached hydrogen (secondary N) is 1.